The number of rotatable bonds is 6. The summed E-state index contributed by atoms with van der Waals surface area (Å²) in [5, 5.41) is 3.30. The second-order valence-electron chi connectivity index (χ2n) is 7.59. The van der Waals surface area contributed by atoms with Crippen LogP contribution in [0.15, 0.2) is 30.7 Å². The molecule has 0 bridgehead atoms. The van der Waals surface area contributed by atoms with Crippen LogP contribution < -0.4 is 15.0 Å². The Kier molecular flexibility index (Phi) is 6.64. The van der Waals surface area contributed by atoms with Gasteiger partial charge in [0.1, 0.15) is 17.9 Å². The molecular formula is C21H28FN5O2. The molecular weight excluding hydrogens is 373 g/mol. The van der Waals surface area contributed by atoms with Crippen molar-refractivity contribution in [2.75, 3.05) is 31.1 Å². The first-order chi connectivity index (χ1) is 13.9. The summed E-state index contributed by atoms with van der Waals surface area (Å²) in [7, 11) is 0. The van der Waals surface area contributed by atoms with Crippen molar-refractivity contribution >= 4 is 11.7 Å². The van der Waals surface area contributed by atoms with Gasteiger partial charge < -0.3 is 19.9 Å². The van der Waals surface area contributed by atoms with Gasteiger partial charge >= 0.3 is 0 Å². The summed E-state index contributed by atoms with van der Waals surface area (Å²) in [6.07, 6.45) is 3.05. The SMILES string of the molecule is CC(C)N(C(=O)c1cc(F)ccc1Oc1cncnc1N1CCNCC1)C(C)C. The average Bonchev–Trinajstić information content (AvgIpc) is 2.70. The van der Waals surface area contributed by atoms with E-state index in [4.69, 9.17) is 4.74 Å². The molecule has 0 radical (unpaired) electrons. The van der Waals surface area contributed by atoms with E-state index in [1.165, 1.54) is 24.5 Å². The molecule has 1 N–H and O–H groups in total. The van der Waals surface area contributed by atoms with Crippen molar-refractivity contribution in [3.63, 3.8) is 0 Å². The van der Waals surface area contributed by atoms with Crippen LogP contribution in [0.5, 0.6) is 11.5 Å². The fourth-order valence-electron chi connectivity index (χ4n) is 3.58. The van der Waals surface area contributed by atoms with E-state index in [1.54, 1.807) is 11.1 Å². The highest BCUT2D eigenvalue weighted by atomic mass is 19.1. The lowest BCUT2D eigenvalue weighted by Crippen LogP contribution is -2.44. The maximum Gasteiger partial charge on any atom is 0.258 e. The van der Waals surface area contributed by atoms with Crippen molar-refractivity contribution in [1.82, 2.24) is 20.2 Å². The molecule has 3 rings (SSSR count). The minimum absolute atomic E-state index is 0.0323. The number of piperazine rings is 1. The maximum atomic E-state index is 14.0. The van der Waals surface area contributed by atoms with Gasteiger partial charge in [-0.1, -0.05) is 0 Å². The van der Waals surface area contributed by atoms with E-state index in [9.17, 15) is 9.18 Å². The first-order valence-electron chi connectivity index (χ1n) is 9.94. The second-order valence-corrected chi connectivity index (χ2v) is 7.59. The Morgan fingerprint density at radius 2 is 1.86 bits per heavy atom. The van der Waals surface area contributed by atoms with Gasteiger partial charge in [0.2, 0.25) is 0 Å². The predicted octanol–water partition coefficient (Wildman–Crippen LogP) is 3.08. The molecule has 0 unspecified atom stereocenters. The third kappa shape index (κ3) is 4.82. The number of carbonyl (C=O) groups excluding carboxylic acids is 1. The number of hydrogen-bond acceptors (Lipinski definition) is 6. The number of hydrogen-bond donors (Lipinski definition) is 1. The third-order valence-electron chi connectivity index (χ3n) is 4.81. The smallest absolute Gasteiger partial charge is 0.258 e. The lowest BCUT2D eigenvalue weighted by Gasteiger charge is -2.31. The Morgan fingerprint density at radius 1 is 1.17 bits per heavy atom. The second kappa shape index (κ2) is 9.17. The van der Waals surface area contributed by atoms with E-state index < -0.39 is 5.82 Å². The van der Waals surface area contributed by atoms with Crippen LogP contribution in [0.4, 0.5) is 10.2 Å². The maximum absolute atomic E-state index is 14.0. The van der Waals surface area contributed by atoms with E-state index in [2.05, 4.69) is 20.2 Å². The van der Waals surface area contributed by atoms with Gasteiger partial charge in [0.25, 0.3) is 5.91 Å². The van der Waals surface area contributed by atoms with Crippen LogP contribution >= 0.6 is 0 Å². The van der Waals surface area contributed by atoms with E-state index in [0.29, 0.717) is 11.6 Å². The molecule has 1 amide bonds. The highest BCUT2D eigenvalue weighted by Crippen LogP contribution is 2.33. The molecule has 1 aromatic carbocycles. The number of benzene rings is 1. The Bertz CT molecular complexity index is 845. The van der Waals surface area contributed by atoms with Crippen LogP contribution in [-0.2, 0) is 0 Å². The zero-order valence-electron chi connectivity index (χ0n) is 17.4. The van der Waals surface area contributed by atoms with Crippen LogP contribution in [0.2, 0.25) is 0 Å². The van der Waals surface area contributed by atoms with E-state index >= 15 is 0 Å². The van der Waals surface area contributed by atoms with Crippen molar-refractivity contribution < 1.29 is 13.9 Å². The van der Waals surface area contributed by atoms with Crippen LogP contribution in [0, 0.1) is 5.82 Å². The molecule has 7 nitrogen and oxygen atoms in total. The van der Waals surface area contributed by atoms with Gasteiger partial charge in [-0.15, -0.1) is 0 Å². The van der Waals surface area contributed by atoms with Gasteiger partial charge in [-0.05, 0) is 45.9 Å². The molecule has 1 aliphatic rings. The standard InChI is InChI=1S/C21H28FN5O2/c1-14(2)27(15(3)4)21(28)17-11-16(22)5-6-18(17)29-19-12-24-13-25-20(19)26-9-7-23-8-10-26/h5-6,11-15,23H,7-10H2,1-4H3. The number of amides is 1. The molecule has 0 atom stereocenters. The Balaban J connectivity index is 1.96. The van der Waals surface area contributed by atoms with E-state index in [-0.39, 0.29) is 29.3 Å². The van der Waals surface area contributed by atoms with Crippen LogP contribution in [0.1, 0.15) is 38.1 Å². The van der Waals surface area contributed by atoms with Crippen molar-refractivity contribution in [2.24, 2.45) is 0 Å². The molecule has 1 aliphatic heterocycles. The van der Waals surface area contributed by atoms with Gasteiger partial charge in [-0.3, -0.25) is 4.79 Å². The zero-order chi connectivity index (χ0) is 21.0. The number of halogens is 1. The monoisotopic (exact) mass is 401 g/mol. The molecule has 1 aromatic heterocycles. The minimum Gasteiger partial charge on any atom is -0.451 e. The fraction of sp³-hybridized carbons (Fsp3) is 0.476. The van der Waals surface area contributed by atoms with Crippen molar-refractivity contribution in [3.05, 3.63) is 42.1 Å². The predicted molar refractivity (Wildman–Crippen MR) is 110 cm³/mol. The van der Waals surface area contributed by atoms with Crippen molar-refractivity contribution in [1.29, 1.82) is 0 Å². The first kappa shape index (κ1) is 21.0. The van der Waals surface area contributed by atoms with Gasteiger partial charge in [0.15, 0.2) is 11.6 Å². The summed E-state index contributed by atoms with van der Waals surface area (Å²) in [5.74, 6) is 0.628. The summed E-state index contributed by atoms with van der Waals surface area (Å²) < 4.78 is 20.1. The number of nitrogens with one attached hydrogen (secondary N) is 1. The number of ether oxygens (including phenoxy) is 1. The molecule has 29 heavy (non-hydrogen) atoms. The molecule has 1 saturated heterocycles. The molecule has 0 spiro atoms. The summed E-state index contributed by atoms with van der Waals surface area (Å²) in [5.41, 5.74) is 0.183. The van der Waals surface area contributed by atoms with Crippen LogP contribution in [-0.4, -0.2) is 59.0 Å². The average molecular weight is 401 g/mol. The number of carbonyl (C=O) groups is 1. The molecule has 8 heteroatoms. The Morgan fingerprint density at radius 3 is 2.52 bits per heavy atom. The highest BCUT2D eigenvalue weighted by Gasteiger charge is 2.26. The fourth-order valence-corrected chi connectivity index (χ4v) is 3.58. The summed E-state index contributed by atoms with van der Waals surface area (Å²) in [4.78, 5) is 25.5. The molecule has 2 aromatic rings. The largest absolute Gasteiger partial charge is 0.451 e. The minimum atomic E-state index is -0.486. The zero-order valence-corrected chi connectivity index (χ0v) is 17.4. The van der Waals surface area contributed by atoms with E-state index in [1.807, 2.05) is 27.7 Å². The normalized spacial score (nSPS) is 14.4. The highest BCUT2D eigenvalue weighted by molar-refractivity contribution is 5.97. The number of nitrogens with zero attached hydrogens (tertiary/aromatic N) is 4. The summed E-state index contributed by atoms with van der Waals surface area (Å²) >= 11 is 0. The quantitative estimate of drug-likeness (QED) is 0.802. The van der Waals surface area contributed by atoms with Gasteiger partial charge in [0, 0.05) is 38.3 Å². The molecule has 156 valence electrons. The number of anilines is 1. The van der Waals surface area contributed by atoms with Crippen molar-refractivity contribution in [3.8, 4) is 11.5 Å². The molecule has 0 aliphatic carbocycles. The third-order valence-corrected chi connectivity index (χ3v) is 4.81. The number of aromatic nitrogens is 2. The first-order valence-corrected chi connectivity index (χ1v) is 9.94. The van der Waals surface area contributed by atoms with Crippen molar-refractivity contribution in [2.45, 2.75) is 39.8 Å². The molecule has 1 fully saturated rings. The van der Waals surface area contributed by atoms with Gasteiger partial charge in [-0.25, -0.2) is 14.4 Å². The summed E-state index contributed by atoms with van der Waals surface area (Å²) in [6, 6.07) is 3.93. The molecule has 2 heterocycles. The molecule has 0 saturated carbocycles. The van der Waals surface area contributed by atoms with Crippen LogP contribution in [0.3, 0.4) is 0 Å². The van der Waals surface area contributed by atoms with Gasteiger partial charge in [0.05, 0.1) is 11.8 Å². The lowest BCUT2D eigenvalue weighted by molar-refractivity contribution is 0.0640. The Labute approximate surface area is 170 Å². The Hall–Kier alpha value is -2.74. The topological polar surface area (TPSA) is 70.6 Å². The van der Waals surface area contributed by atoms with Crippen LogP contribution in [0.25, 0.3) is 0 Å². The summed E-state index contributed by atoms with van der Waals surface area (Å²) in [6.45, 7) is 11.0. The van der Waals surface area contributed by atoms with E-state index in [0.717, 1.165) is 26.2 Å². The van der Waals surface area contributed by atoms with Gasteiger partial charge in [-0.2, -0.15) is 0 Å². The lowest BCUT2D eigenvalue weighted by atomic mass is 10.1.